The lowest BCUT2D eigenvalue weighted by molar-refractivity contribution is 0.605. The SMILES string of the molecule is CP([PH-])P(P=O)P(P(P(P)P)P(P)P)P(P(P(P)P)P(P)PO)P(P(P(P(P)P)P(P)P)P(P(P)P)P(P)P)P(P(P(P(P)P)P(P)P)P(P(P)P)P(P)P)P(P(P(P)P)P(P)P)P(P(P)P)P(P)P. The fourth-order valence-corrected chi connectivity index (χ4v) is 977. The Labute approximate surface area is 541 Å². The van der Waals surface area contributed by atoms with E-state index in [2.05, 4.69) is 292 Å². The Morgan fingerprint density at radius 3 is 0.557 bits per heavy atom. The fraction of sp³-hybridized carbons (Fsp3) is 1.00. The van der Waals surface area contributed by atoms with Crippen molar-refractivity contribution in [1.82, 2.24) is 0 Å². The lowest BCUT2D eigenvalue weighted by Crippen LogP contribution is -1.74. The minimum atomic E-state index is -0.833. The largest absolute Gasteiger partial charge is 0.520 e. The molecule has 70 heavy (non-hydrogen) atoms. The Morgan fingerprint density at radius 2 is 0.429 bits per heavy atom. The molecular weight excluding hydrogens is 2120 g/mol. The Balaban J connectivity index is 11.7. The van der Waals surface area contributed by atoms with E-state index in [1.165, 1.54) is 0 Å². The number of hydrogen-bond donors (Lipinski definition) is 1. The van der Waals surface area contributed by atoms with Crippen molar-refractivity contribution in [1.29, 1.82) is 0 Å². The summed E-state index contributed by atoms with van der Waals surface area (Å²) in [5.74, 6) is 0. The normalized spacial score (nSPS) is 17.5. The summed E-state index contributed by atoms with van der Waals surface area (Å²) in [6.45, 7) is -12.2. The van der Waals surface area contributed by atoms with Crippen molar-refractivity contribution in [2.45, 2.75) is 0 Å². The first kappa shape index (κ1) is 98.4. The van der Waals surface area contributed by atoms with Gasteiger partial charge in [0, 0.05) is 36.4 Å². The van der Waals surface area contributed by atoms with Gasteiger partial charge >= 0.3 is 0 Å². The molecule has 2 nitrogen and oxygen atoms in total. The zero-order chi connectivity index (χ0) is 55.5. The van der Waals surface area contributed by atoms with Crippen LogP contribution >= 0.6 is 533 Å². The van der Waals surface area contributed by atoms with E-state index in [9.17, 15) is 9.46 Å². The van der Waals surface area contributed by atoms with Crippen molar-refractivity contribution in [3.63, 3.8) is 0 Å². The fourth-order valence-electron chi connectivity index (χ4n) is 4.17. The first-order chi connectivity index (χ1) is 31.9. The highest BCUT2D eigenvalue weighted by Gasteiger charge is 2.63. The molecule has 0 aromatic carbocycles. The molecule has 0 aromatic rings. The first-order valence-corrected chi connectivity index (χ1v) is 138. The summed E-state index contributed by atoms with van der Waals surface area (Å²) in [6, 6.07) is 0. The third-order valence-electron chi connectivity index (χ3n) is 6.13. The van der Waals surface area contributed by atoms with Crippen LogP contribution in [0.15, 0.2) is 0 Å². The van der Waals surface area contributed by atoms with Crippen molar-refractivity contribution >= 4 is 533 Å². The van der Waals surface area contributed by atoms with E-state index in [0.29, 0.717) is 8.15 Å². The van der Waals surface area contributed by atoms with Crippen LogP contribution in [-0.4, -0.2) is 11.6 Å². The third-order valence-corrected chi connectivity index (χ3v) is 478. The average Bonchev–Trinajstić information content (AvgIpc) is 3.15. The molecule has 0 aliphatic heterocycles. The summed E-state index contributed by atoms with van der Waals surface area (Å²) in [7, 11) is 114. The molecule has 39 unspecified atom stereocenters. The molecule has 69 heteroatoms. The van der Waals surface area contributed by atoms with Gasteiger partial charge in [0.25, 0.3) is 0 Å². The zero-order valence-electron chi connectivity index (χ0n) is 36.0. The van der Waals surface area contributed by atoms with Crippen molar-refractivity contribution in [2.75, 3.05) is 6.66 Å². The maximum atomic E-state index is 14.9. The van der Waals surface area contributed by atoms with Gasteiger partial charge in [-0.3, -0.25) is 4.57 Å². The summed E-state index contributed by atoms with van der Waals surface area (Å²) in [6.07, 6.45) is 0. The Bertz CT molecular complexity index is 1200. The third kappa shape index (κ3) is 34.1. The topological polar surface area (TPSA) is 37.3 Å². The predicted octanol–water partition coefficient (Wildman–Crippen LogP) is 40.1. The monoisotopic (exact) mass is 2190 g/mol. The summed E-state index contributed by atoms with van der Waals surface area (Å²) in [5, 5.41) is 0. The predicted molar refractivity (Wildman–Crippen MR) is 562 cm³/mol. The van der Waals surface area contributed by atoms with E-state index >= 15 is 0 Å². The molecule has 0 rings (SSSR count). The van der Waals surface area contributed by atoms with Gasteiger partial charge in [-0.2, -0.15) is 0 Å². The minimum Gasteiger partial charge on any atom is -0.520 e. The maximum Gasteiger partial charge on any atom is 0.188 e. The van der Waals surface area contributed by atoms with E-state index in [4.69, 9.17) is 0 Å². The Hall–Kier alpha value is 28.4. The highest BCUT2D eigenvalue weighted by atomic mass is 33.6. The molecule has 0 radical (unpaired) electrons. The summed E-state index contributed by atoms with van der Waals surface area (Å²) < 4.78 is 14.9. The Kier molecular flexibility index (Phi) is 76.1. The van der Waals surface area contributed by atoms with Gasteiger partial charge in [0.2, 0.25) is 0 Å². The van der Waals surface area contributed by atoms with Gasteiger partial charge in [-0.25, -0.2) is 7.30 Å². The van der Waals surface area contributed by atoms with Crippen LogP contribution in [0.4, 0.5) is 0 Å². The maximum absolute atomic E-state index is 14.9. The molecular formula is CH68O2P67-. The molecule has 0 bridgehead atoms. The molecule has 1 N–H and O–H groups in total. The van der Waals surface area contributed by atoms with Crippen LogP contribution in [0.25, 0.3) is 0 Å². The summed E-state index contributed by atoms with van der Waals surface area (Å²) in [4.78, 5) is 12.0. The van der Waals surface area contributed by atoms with Gasteiger partial charge in [-0.1, -0.05) is 15.6 Å². The molecule has 420 valence electrons. The smallest absolute Gasteiger partial charge is 0.188 e. The number of hydrogen-bond acceptors (Lipinski definition) is 2. The second kappa shape index (κ2) is 54.1. The second-order valence-corrected chi connectivity index (χ2v) is 287. The van der Waals surface area contributed by atoms with Crippen LogP contribution < -0.4 is 0 Å². The molecule has 39 atom stereocenters. The van der Waals surface area contributed by atoms with Crippen LogP contribution in [0.5, 0.6) is 0 Å². The first-order valence-electron chi connectivity index (χ1n) is 15.9. The van der Waals surface area contributed by atoms with Crippen LogP contribution in [0, 0.1) is 0 Å². The van der Waals surface area contributed by atoms with Crippen LogP contribution in [-0.2, 0) is 4.57 Å². The molecule has 0 saturated heterocycles. The van der Waals surface area contributed by atoms with Crippen molar-refractivity contribution in [2.24, 2.45) is 0 Å². The van der Waals surface area contributed by atoms with Gasteiger partial charge < -0.3 is 13.8 Å². The highest BCUT2D eigenvalue weighted by Crippen LogP contribution is 3.50. The van der Waals surface area contributed by atoms with E-state index in [-0.39, 0.29) is 106 Å². The highest BCUT2D eigenvalue weighted by molar-refractivity contribution is 9.56. The van der Waals surface area contributed by atoms with Crippen molar-refractivity contribution in [3.05, 3.63) is 0 Å². The molecule has 0 aliphatic rings. The summed E-state index contributed by atoms with van der Waals surface area (Å²) in [5.41, 5.74) is 0. The van der Waals surface area contributed by atoms with Gasteiger partial charge in [0.15, 0.2) is 8.15 Å². The lowest BCUT2D eigenvalue weighted by Gasteiger charge is -2.61. The quantitative estimate of drug-likeness (QED) is 0.0652. The molecule has 0 spiro atoms. The van der Waals surface area contributed by atoms with Gasteiger partial charge in [0.05, 0.1) is 0 Å². The molecule has 0 heterocycles. The van der Waals surface area contributed by atoms with Crippen molar-refractivity contribution in [3.8, 4) is 0 Å². The molecule has 0 aromatic heterocycles. The number of rotatable bonds is 34. The molecule has 0 saturated carbocycles. The van der Waals surface area contributed by atoms with Gasteiger partial charge in [0.1, 0.15) is 0 Å². The van der Waals surface area contributed by atoms with Crippen LogP contribution in [0.3, 0.4) is 0 Å². The molecule has 0 aliphatic carbocycles. The van der Waals surface area contributed by atoms with E-state index in [0.717, 1.165) is 0 Å². The summed E-state index contributed by atoms with van der Waals surface area (Å²) >= 11 is 0. The van der Waals surface area contributed by atoms with E-state index in [1.807, 2.05) is 0 Å². The van der Waals surface area contributed by atoms with Gasteiger partial charge in [-0.15, -0.1) is 268 Å². The standard InChI is InChI=1S/CH68O2P67/c1-38(4)55(37-3)64(56(39(5)6)40(7)8)68(63(53(33)34)54(35)36-2)70(67(61(49(25)26)50(27)28)62(51(29)30)52(31)32)69(65(57(41(9)10)42(11)12)58(43(13)14)44(15)16)66(59(45(17)18)46(19)20)60(47(21)22)48(23)24/h2,4,36H,5-35H2,1H3/q-1. The van der Waals surface area contributed by atoms with Crippen LogP contribution in [0.1, 0.15) is 0 Å². The minimum absolute atomic E-state index is 0.0426. The van der Waals surface area contributed by atoms with Crippen molar-refractivity contribution < 1.29 is 9.46 Å². The lowest BCUT2D eigenvalue weighted by atomic mass is 12.0. The molecule has 0 fully saturated rings. The molecule has 0 amide bonds. The average molecular weight is 2190 g/mol. The van der Waals surface area contributed by atoms with E-state index < -0.39 is 133 Å². The Morgan fingerprint density at radius 1 is 0.286 bits per heavy atom. The van der Waals surface area contributed by atoms with E-state index in [1.54, 1.807) is 0 Å². The van der Waals surface area contributed by atoms with Crippen LogP contribution in [0.2, 0.25) is 0 Å². The van der Waals surface area contributed by atoms with Gasteiger partial charge in [-0.05, 0) is 196 Å². The second-order valence-electron chi connectivity index (χ2n) is 11.0. The zero-order valence-corrected chi connectivity index (χ0v) is 104.